The summed E-state index contributed by atoms with van der Waals surface area (Å²) in [5.41, 5.74) is 7.36. The van der Waals surface area contributed by atoms with Crippen LogP contribution in [0.1, 0.15) is 6.42 Å². The molecule has 0 saturated carbocycles. The normalized spacial score (nSPS) is 10.9. The smallest absolute Gasteiger partial charge is 0.221 e. The number of carbonyl (C=O) groups is 1. The highest BCUT2D eigenvalue weighted by Crippen LogP contribution is 2.24. The van der Waals surface area contributed by atoms with Gasteiger partial charge in [-0.15, -0.1) is 0 Å². The summed E-state index contributed by atoms with van der Waals surface area (Å²) in [5, 5.41) is 3.31. The summed E-state index contributed by atoms with van der Waals surface area (Å²) in [5.74, 6) is 0.308. The van der Waals surface area contributed by atoms with Crippen LogP contribution >= 0.6 is 11.6 Å². The number of hydrogen-bond acceptors (Lipinski definition) is 4. The number of para-hydroxylation sites is 1. The Morgan fingerprint density at radius 3 is 3.10 bits per heavy atom. The van der Waals surface area contributed by atoms with Crippen LogP contribution < -0.4 is 11.1 Å². The van der Waals surface area contributed by atoms with E-state index in [1.807, 2.05) is 12.1 Å². The van der Waals surface area contributed by atoms with E-state index >= 15 is 0 Å². The average Bonchev–Trinajstić information content (AvgIpc) is 2.74. The number of ether oxygens (including phenoxy) is 1. The van der Waals surface area contributed by atoms with Crippen LogP contribution in [0.15, 0.2) is 18.2 Å². The van der Waals surface area contributed by atoms with Gasteiger partial charge in [-0.25, -0.2) is 4.98 Å². The van der Waals surface area contributed by atoms with Gasteiger partial charge in [0.2, 0.25) is 11.9 Å². The van der Waals surface area contributed by atoms with E-state index in [4.69, 9.17) is 22.1 Å². The predicted molar refractivity (Wildman–Crippen MR) is 78.7 cm³/mol. The van der Waals surface area contributed by atoms with Crippen LogP contribution in [-0.2, 0) is 16.1 Å². The van der Waals surface area contributed by atoms with Crippen molar-refractivity contribution in [1.82, 2.24) is 14.9 Å². The monoisotopic (exact) mass is 296 g/mol. The van der Waals surface area contributed by atoms with Gasteiger partial charge >= 0.3 is 0 Å². The van der Waals surface area contributed by atoms with Gasteiger partial charge in [-0.2, -0.15) is 0 Å². The molecule has 0 unspecified atom stereocenters. The third-order valence-electron chi connectivity index (χ3n) is 2.95. The van der Waals surface area contributed by atoms with E-state index in [1.165, 1.54) is 0 Å². The number of nitrogen functional groups attached to an aromatic ring is 1. The fourth-order valence-electron chi connectivity index (χ4n) is 1.96. The number of hydrogen-bond donors (Lipinski definition) is 2. The molecule has 0 atom stereocenters. The fourth-order valence-corrected chi connectivity index (χ4v) is 2.17. The molecule has 20 heavy (non-hydrogen) atoms. The Balaban J connectivity index is 2.05. The number of aromatic nitrogens is 2. The summed E-state index contributed by atoms with van der Waals surface area (Å²) in [6.07, 6.45) is 0.325. The van der Waals surface area contributed by atoms with Crippen LogP contribution in [0.4, 0.5) is 5.95 Å². The van der Waals surface area contributed by atoms with Crippen molar-refractivity contribution in [2.45, 2.75) is 13.0 Å². The van der Waals surface area contributed by atoms with Crippen molar-refractivity contribution < 1.29 is 9.53 Å². The maximum atomic E-state index is 11.7. The minimum atomic E-state index is -0.0506. The molecule has 0 fully saturated rings. The molecular formula is C13H17ClN4O2. The van der Waals surface area contributed by atoms with E-state index < -0.39 is 0 Å². The lowest BCUT2D eigenvalue weighted by atomic mass is 10.3. The summed E-state index contributed by atoms with van der Waals surface area (Å²) in [6.45, 7) is 1.46. The Hall–Kier alpha value is -1.79. The van der Waals surface area contributed by atoms with Crippen LogP contribution in [0.5, 0.6) is 0 Å². The zero-order valence-electron chi connectivity index (χ0n) is 11.2. The van der Waals surface area contributed by atoms with E-state index in [-0.39, 0.29) is 5.91 Å². The molecule has 0 bridgehead atoms. The molecular weight excluding hydrogens is 280 g/mol. The minimum absolute atomic E-state index is 0.0506. The molecule has 0 aliphatic rings. The van der Waals surface area contributed by atoms with Gasteiger partial charge in [0, 0.05) is 26.6 Å². The lowest BCUT2D eigenvalue weighted by Crippen LogP contribution is -2.27. The lowest BCUT2D eigenvalue weighted by Gasteiger charge is -2.07. The van der Waals surface area contributed by atoms with Crippen molar-refractivity contribution in [3.63, 3.8) is 0 Å². The van der Waals surface area contributed by atoms with E-state index in [2.05, 4.69) is 10.3 Å². The van der Waals surface area contributed by atoms with E-state index in [1.54, 1.807) is 17.7 Å². The standard InChI is InChI=1S/C13H17ClN4O2/c1-20-8-6-16-11(19)5-7-18-10-4-2-3-9(14)12(10)17-13(18)15/h2-4H,5-8H2,1H3,(H2,15,17)(H,16,19). The predicted octanol–water partition coefficient (Wildman–Crippen LogP) is 1.42. The second-order valence-electron chi connectivity index (χ2n) is 4.32. The third-order valence-corrected chi connectivity index (χ3v) is 3.26. The van der Waals surface area contributed by atoms with E-state index in [0.717, 1.165) is 5.52 Å². The quantitative estimate of drug-likeness (QED) is 0.790. The Labute approximate surface area is 121 Å². The van der Waals surface area contributed by atoms with Crippen molar-refractivity contribution >= 4 is 34.5 Å². The van der Waals surface area contributed by atoms with Crippen LogP contribution in [0.3, 0.4) is 0 Å². The van der Waals surface area contributed by atoms with Crippen LogP contribution in [0.25, 0.3) is 11.0 Å². The molecule has 0 spiro atoms. The molecule has 2 aromatic rings. The van der Waals surface area contributed by atoms with Crippen molar-refractivity contribution in [3.05, 3.63) is 23.2 Å². The summed E-state index contributed by atoms with van der Waals surface area (Å²) < 4.78 is 6.66. The number of methoxy groups -OCH3 is 1. The van der Waals surface area contributed by atoms with E-state index in [0.29, 0.717) is 42.6 Å². The topological polar surface area (TPSA) is 82.2 Å². The Bertz CT molecular complexity index is 612. The molecule has 6 nitrogen and oxygen atoms in total. The summed E-state index contributed by atoms with van der Waals surface area (Å²) in [7, 11) is 1.59. The van der Waals surface area contributed by atoms with Crippen LogP contribution in [-0.4, -0.2) is 35.7 Å². The van der Waals surface area contributed by atoms with Crippen molar-refractivity contribution in [1.29, 1.82) is 0 Å². The first-order valence-electron chi connectivity index (χ1n) is 6.29. The zero-order chi connectivity index (χ0) is 14.5. The lowest BCUT2D eigenvalue weighted by molar-refractivity contribution is -0.121. The SMILES string of the molecule is COCCNC(=O)CCn1c(N)nc2c(Cl)cccc21. The highest BCUT2D eigenvalue weighted by molar-refractivity contribution is 6.35. The summed E-state index contributed by atoms with van der Waals surface area (Å²) in [4.78, 5) is 15.9. The maximum Gasteiger partial charge on any atom is 0.221 e. The van der Waals surface area contributed by atoms with Crippen molar-refractivity contribution in [2.75, 3.05) is 26.0 Å². The number of halogens is 1. The van der Waals surface area contributed by atoms with Crippen molar-refractivity contribution in [2.24, 2.45) is 0 Å². The molecule has 1 aromatic heterocycles. The van der Waals surface area contributed by atoms with Gasteiger partial charge < -0.3 is 20.4 Å². The highest BCUT2D eigenvalue weighted by atomic mass is 35.5. The molecule has 0 aliphatic carbocycles. The molecule has 1 amide bonds. The Kier molecular flexibility index (Phi) is 4.81. The van der Waals surface area contributed by atoms with Gasteiger partial charge in [-0.3, -0.25) is 4.79 Å². The first-order valence-corrected chi connectivity index (χ1v) is 6.67. The number of nitrogens with zero attached hydrogens (tertiary/aromatic N) is 2. The number of benzene rings is 1. The second-order valence-corrected chi connectivity index (χ2v) is 4.73. The first-order chi connectivity index (χ1) is 9.63. The number of anilines is 1. The van der Waals surface area contributed by atoms with Gasteiger partial charge in [0.1, 0.15) is 5.52 Å². The minimum Gasteiger partial charge on any atom is -0.383 e. The summed E-state index contributed by atoms with van der Waals surface area (Å²) in [6, 6.07) is 5.48. The molecule has 7 heteroatoms. The third kappa shape index (κ3) is 3.20. The summed E-state index contributed by atoms with van der Waals surface area (Å²) >= 11 is 6.06. The number of fused-ring (bicyclic) bond motifs is 1. The largest absolute Gasteiger partial charge is 0.383 e. The Morgan fingerprint density at radius 2 is 2.35 bits per heavy atom. The Morgan fingerprint density at radius 1 is 1.55 bits per heavy atom. The first kappa shape index (κ1) is 14.6. The molecule has 0 radical (unpaired) electrons. The number of nitrogens with one attached hydrogen (secondary N) is 1. The molecule has 1 aromatic carbocycles. The van der Waals surface area contributed by atoms with Gasteiger partial charge in [-0.05, 0) is 12.1 Å². The molecule has 3 N–H and O–H groups in total. The molecule has 0 saturated heterocycles. The van der Waals surface area contributed by atoms with Crippen LogP contribution in [0.2, 0.25) is 5.02 Å². The van der Waals surface area contributed by atoms with E-state index in [9.17, 15) is 4.79 Å². The molecule has 2 rings (SSSR count). The number of rotatable bonds is 6. The molecule has 0 aliphatic heterocycles. The van der Waals surface area contributed by atoms with Gasteiger partial charge in [0.25, 0.3) is 0 Å². The maximum absolute atomic E-state index is 11.7. The zero-order valence-corrected chi connectivity index (χ0v) is 12.0. The number of nitrogens with two attached hydrogens (primary N) is 1. The van der Waals surface area contributed by atoms with Gasteiger partial charge in [-0.1, -0.05) is 17.7 Å². The number of aryl methyl sites for hydroxylation is 1. The molecule has 108 valence electrons. The average molecular weight is 297 g/mol. The van der Waals surface area contributed by atoms with Gasteiger partial charge in [0.05, 0.1) is 17.1 Å². The highest BCUT2D eigenvalue weighted by Gasteiger charge is 2.11. The molecule has 1 heterocycles. The number of carbonyl (C=O) groups excluding carboxylic acids is 1. The van der Waals surface area contributed by atoms with Gasteiger partial charge in [0.15, 0.2) is 0 Å². The van der Waals surface area contributed by atoms with Crippen molar-refractivity contribution in [3.8, 4) is 0 Å². The second kappa shape index (κ2) is 6.58. The fraction of sp³-hybridized carbons (Fsp3) is 0.385. The number of amides is 1. The van der Waals surface area contributed by atoms with Crippen LogP contribution in [0, 0.1) is 0 Å². The number of imidazole rings is 1.